The van der Waals surface area contributed by atoms with Crippen molar-refractivity contribution in [2.24, 2.45) is 0 Å². The molecule has 71 valence electrons. The van der Waals surface area contributed by atoms with E-state index in [-0.39, 0.29) is 11.4 Å². The second-order valence-corrected chi connectivity index (χ2v) is 4.14. The standard InChI is InChI=1S/C9H5ClNO2S/c10-6-1-2-8-7(5-6)11(3-4-12)9(13)14-8/h1-2,5H,3H2. The highest BCUT2D eigenvalue weighted by atomic mass is 35.5. The molecule has 0 fully saturated rings. The molecule has 0 unspecified atom stereocenters. The Labute approximate surface area is 88.5 Å². The molecule has 0 saturated heterocycles. The van der Waals surface area contributed by atoms with Crippen LogP contribution in [0.2, 0.25) is 5.02 Å². The van der Waals surface area contributed by atoms with Crippen molar-refractivity contribution in [1.29, 1.82) is 0 Å². The van der Waals surface area contributed by atoms with Gasteiger partial charge in [0.1, 0.15) is 0 Å². The molecule has 14 heavy (non-hydrogen) atoms. The Morgan fingerprint density at radius 1 is 1.50 bits per heavy atom. The van der Waals surface area contributed by atoms with Crippen molar-refractivity contribution in [2.75, 3.05) is 0 Å². The van der Waals surface area contributed by atoms with Gasteiger partial charge in [-0.1, -0.05) is 22.9 Å². The molecule has 1 heterocycles. The minimum absolute atomic E-state index is 0.0425. The lowest BCUT2D eigenvalue weighted by Gasteiger charge is -1.96. The lowest BCUT2D eigenvalue weighted by atomic mass is 10.3. The van der Waals surface area contributed by atoms with Crippen LogP contribution in [-0.4, -0.2) is 10.9 Å². The molecule has 2 rings (SSSR count). The van der Waals surface area contributed by atoms with Crippen molar-refractivity contribution < 1.29 is 4.79 Å². The van der Waals surface area contributed by atoms with Crippen LogP contribution in [0.15, 0.2) is 23.0 Å². The molecule has 2 aromatic rings. The van der Waals surface area contributed by atoms with Gasteiger partial charge in [-0.25, -0.2) is 0 Å². The summed E-state index contributed by atoms with van der Waals surface area (Å²) < 4.78 is 2.19. The molecule has 0 aliphatic heterocycles. The highest BCUT2D eigenvalue weighted by Gasteiger charge is 2.06. The average Bonchev–Trinajstić information content (AvgIpc) is 2.45. The van der Waals surface area contributed by atoms with Crippen molar-refractivity contribution in [1.82, 2.24) is 4.57 Å². The van der Waals surface area contributed by atoms with Gasteiger partial charge < -0.3 is 0 Å². The van der Waals surface area contributed by atoms with E-state index in [1.54, 1.807) is 24.5 Å². The number of halogens is 1. The van der Waals surface area contributed by atoms with Crippen molar-refractivity contribution in [3.63, 3.8) is 0 Å². The second-order valence-electron chi connectivity index (χ2n) is 2.71. The van der Waals surface area contributed by atoms with E-state index in [0.29, 0.717) is 10.5 Å². The molecule has 0 bridgehead atoms. The topological polar surface area (TPSA) is 39.1 Å². The Morgan fingerprint density at radius 2 is 2.29 bits per heavy atom. The number of hydrogen-bond acceptors (Lipinski definition) is 3. The lowest BCUT2D eigenvalue weighted by molar-refractivity contribution is 0.546. The maximum Gasteiger partial charge on any atom is 0.308 e. The van der Waals surface area contributed by atoms with E-state index >= 15 is 0 Å². The number of benzene rings is 1. The first-order valence-corrected chi connectivity index (χ1v) is 5.05. The summed E-state index contributed by atoms with van der Waals surface area (Å²) in [7, 11) is 0. The number of nitrogens with zero attached hydrogens (tertiary/aromatic N) is 1. The number of aromatic nitrogens is 1. The van der Waals surface area contributed by atoms with Crippen molar-refractivity contribution in [3.8, 4) is 0 Å². The van der Waals surface area contributed by atoms with Crippen LogP contribution in [0, 0.1) is 0 Å². The predicted molar refractivity (Wildman–Crippen MR) is 56.8 cm³/mol. The predicted octanol–water partition coefficient (Wildman–Crippen LogP) is 1.83. The van der Waals surface area contributed by atoms with E-state index in [4.69, 9.17) is 11.6 Å². The van der Waals surface area contributed by atoms with Gasteiger partial charge in [-0.05, 0) is 18.2 Å². The molecule has 0 aliphatic rings. The Balaban J connectivity index is 2.79. The van der Waals surface area contributed by atoms with Crippen LogP contribution < -0.4 is 4.87 Å². The first-order valence-electron chi connectivity index (χ1n) is 3.86. The molecule has 0 spiro atoms. The summed E-state index contributed by atoms with van der Waals surface area (Å²) in [5.41, 5.74) is 0.691. The Morgan fingerprint density at radius 3 is 3.00 bits per heavy atom. The molecule has 5 heteroatoms. The third-order valence-corrected chi connectivity index (χ3v) is 3.05. The van der Waals surface area contributed by atoms with Crippen LogP contribution in [-0.2, 0) is 11.3 Å². The zero-order chi connectivity index (χ0) is 10.1. The van der Waals surface area contributed by atoms with Gasteiger partial charge in [-0.3, -0.25) is 14.2 Å². The smallest absolute Gasteiger partial charge is 0.291 e. The number of hydrogen-bond donors (Lipinski definition) is 0. The maximum absolute atomic E-state index is 11.4. The summed E-state index contributed by atoms with van der Waals surface area (Å²) in [6.45, 7) is -0.0425. The van der Waals surface area contributed by atoms with Crippen LogP contribution >= 0.6 is 22.9 Å². The Hall–Kier alpha value is -1.13. The van der Waals surface area contributed by atoms with Gasteiger partial charge in [0.25, 0.3) is 0 Å². The zero-order valence-electron chi connectivity index (χ0n) is 6.99. The molecule has 1 radical (unpaired) electrons. The minimum atomic E-state index is -0.161. The summed E-state index contributed by atoms with van der Waals surface area (Å²) in [6.07, 6.45) is 1.70. The fourth-order valence-corrected chi connectivity index (χ4v) is 2.29. The number of fused-ring (bicyclic) bond motifs is 1. The number of carbonyl (C=O) groups excluding carboxylic acids is 1. The van der Waals surface area contributed by atoms with Crippen LogP contribution in [0.5, 0.6) is 0 Å². The molecular formula is C9H5ClNO2S. The van der Waals surface area contributed by atoms with E-state index < -0.39 is 0 Å². The van der Waals surface area contributed by atoms with E-state index in [2.05, 4.69) is 0 Å². The SMILES string of the molecule is O=[C]Cn1c(=O)sc2ccc(Cl)cc21. The molecule has 0 aliphatic carbocycles. The van der Waals surface area contributed by atoms with Crippen LogP contribution in [0.4, 0.5) is 0 Å². The number of rotatable bonds is 2. The van der Waals surface area contributed by atoms with Gasteiger partial charge in [-0.2, -0.15) is 0 Å². The zero-order valence-corrected chi connectivity index (χ0v) is 8.56. The largest absolute Gasteiger partial charge is 0.308 e. The van der Waals surface area contributed by atoms with Crippen molar-refractivity contribution in [2.45, 2.75) is 6.54 Å². The molecule has 1 aromatic carbocycles. The third kappa shape index (κ3) is 1.47. The summed E-state index contributed by atoms with van der Waals surface area (Å²) in [5, 5.41) is 0.551. The number of thiazole rings is 1. The molecule has 0 atom stereocenters. The minimum Gasteiger partial charge on any atom is -0.291 e. The summed E-state index contributed by atoms with van der Waals surface area (Å²) >= 11 is 6.89. The molecule has 3 nitrogen and oxygen atoms in total. The summed E-state index contributed by atoms with van der Waals surface area (Å²) in [5.74, 6) is 0. The van der Waals surface area contributed by atoms with Gasteiger partial charge in [0.15, 0.2) is 0 Å². The first-order chi connectivity index (χ1) is 6.72. The lowest BCUT2D eigenvalue weighted by Crippen LogP contribution is -2.13. The maximum atomic E-state index is 11.4. The quantitative estimate of drug-likeness (QED) is 0.784. The van der Waals surface area contributed by atoms with Crippen LogP contribution in [0.25, 0.3) is 10.2 Å². The fraction of sp³-hybridized carbons (Fsp3) is 0.111. The van der Waals surface area contributed by atoms with E-state index in [9.17, 15) is 9.59 Å². The van der Waals surface area contributed by atoms with Gasteiger partial charge in [0, 0.05) is 5.02 Å². The van der Waals surface area contributed by atoms with Crippen molar-refractivity contribution >= 4 is 39.4 Å². The molecule has 0 amide bonds. The van der Waals surface area contributed by atoms with E-state index in [0.717, 1.165) is 16.0 Å². The monoisotopic (exact) mass is 226 g/mol. The summed E-state index contributed by atoms with van der Waals surface area (Å²) in [6, 6.07) is 5.16. The van der Waals surface area contributed by atoms with E-state index in [1.807, 2.05) is 0 Å². The first kappa shape index (κ1) is 9.43. The normalized spacial score (nSPS) is 10.6. The second kappa shape index (κ2) is 3.55. The highest BCUT2D eigenvalue weighted by Crippen LogP contribution is 2.21. The van der Waals surface area contributed by atoms with Gasteiger partial charge in [0.2, 0.25) is 6.29 Å². The van der Waals surface area contributed by atoms with Crippen LogP contribution in [0.1, 0.15) is 0 Å². The average molecular weight is 227 g/mol. The third-order valence-electron chi connectivity index (χ3n) is 1.85. The van der Waals surface area contributed by atoms with Gasteiger partial charge >= 0.3 is 4.87 Å². The highest BCUT2D eigenvalue weighted by molar-refractivity contribution is 7.16. The van der Waals surface area contributed by atoms with Crippen LogP contribution in [0.3, 0.4) is 0 Å². The Bertz CT molecular complexity index is 543. The molecule has 0 N–H and O–H groups in total. The fourth-order valence-electron chi connectivity index (χ4n) is 1.25. The van der Waals surface area contributed by atoms with E-state index in [1.165, 1.54) is 4.57 Å². The summed E-state index contributed by atoms with van der Waals surface area (Å²) in [4.78, 5) is 21.5. The molecule has 0 saturated carbocycles. The molecule has 1 aromatic heterocycles. The Kier molecular flexibility index (Phi) is 2.39. The molecular weight excluding hydrogens is 222 g/mol. The van der Waals surface area contributed by atoms with Gasteiger partial charge in [0.05, 0.1) is 16.8 Å². The van der Waals surface area contributed by atoms with Gasteiger partial charge in [-0.15, -0.1) is 0 Å². The van der Waals surface area contributed by atoms with Crippen molar-refractivity contribution in [3.05, 3.63) is 32.9 Å².